The summed E-state index contributed by atoms with van der Waals surface area (Å²) in [6.07, 6.45) is 3.67. The minimum absolute atomic E-state index is 0.0229. The van der Waals surface area contributed by atoms with Crippen LogP contribution < -0.4 is 10.6 Å². The van der Waals surface area contributed by atoms with Crippen LogP contribution in [-0.2, 0) is 9.59 Å². The minimum atomic E-state index is -0.432. The first-order valence-electron chi connectivity index (χ1n) is 9.40. The van der Waals surface area contributed by atoms with E-state index in [2.05, 4.69) is 20.8 Å². The summed E-state index contributed by atoms with van der Waals surface area (Å²) < 4.78 is 1.82. The molecule has 1 aliphatic carbocycles. The van der Waals surface area contributed by atoms with Gasteiger partial charge in [0.1, 0.15) is 11.6 Å². The first-order chi connectivity index (χ1) is 14.1. The maximum Gasteiger partial charge on any atom is 0.238 e. The number of carbonyl (C=O) groups is 2. The summed E-state index contributed by atoms with van der Waals surface area (Å²) in [5, 5.41) is 14.3. The monoisotopic (exact) mass is 407 g/mol. The fourth-order valence-electron chi connectivity index (χ4n) is 2.93. The number of benzene rings is 2. The van der Waals surface area contributed by atoms with Gasteiger partial charge in [-0.05, 0) is 36.6 Å². The molecule has 2 aromatic carbocycles. The fraction of sp³-hybridized carbons (Fsp3) is 0.238. The molecule has 7 nitrogen and oxygen atoms in total. The Labute approximate surface area is 172 Å². The zero-order chi connectivity index (χ0) is 20.2. The smallest absolute Gasteiger partial charge is 0.238 e. The lowest BCUT2D eigenvalue weighted by molar-refractivity contribution is -0.120. The molecule has 0 spiro atoms. The molecule has 1 saturated carbocycles. The predicted octanol–water partition coefficient (Wildman–Crippen LogP) is 3.34. The Bertz CT molecular complexity index is 1020. The van der Waals surface area contributed by atoms with Crippen molar-refractivity contribution in [3.8, 4) is 5.69 Å². The lowest BCUT2D eigenvalue weighted by atomic mass is 10.1. The SMILES string of the molecule is CC(=O)Nc1cccc(-n2cnnc2SC(C(=O)NC2CC2)c2ccccc2)c1. The summed E-state index contributed by atoms with van der Waals surface area (Å²) in [6, 6.07) is 17.4. The molecule has 148 valence electrons. The molecule has 1 heterocycles. The van der Waals surface area contributed by atoms with Gasteiger partial charge in [-0.25, -0.2) is 0 Å². The van der Waals surface area contributed by atoms with Crippen molar-refractivity contribution in [2.45, 2.75) is 36.2 Å². The van der Waals surface area contributed by atoms with E-state index in [-0.39, 0.29) is 17.9 Å². The molecule has 8 heteroatoms. The number of carbonyl (C=O) groups excluding carboxylic acids is 2. The molecule has 1 aliphatic rings. The quantitative estimate of drug-likeness (QED) is 0.587. The van der Waals surface area contributed by atoms with Crippen molar-refractivity contribution in [1.82, 2.24) is 20.1 Å². The van der Waals surface area contributed by atoms with Gasteiger partial charge in [-0.3, -0.25) is 14.2 Å². The summed E-state index contributed by atoms with van der Waals surface area (Å²) in [5.74, 6) is -0.161. The molecular formula is C21H21N5O2S. The highest BCUT2D eigenvalue weighted by Gasteiger charge is 2.30. The van der Waals surface area contributed by atoms with Crippen LogP contribution in [0.3, 0.4) is 0 Å². The summed E-state index contributed by atoms with van der Waals surface area (Å²) in [6.45, 7) is 1.47. The highest BCUT2D eigenvalue weighted by Crippen LogP contribution is 2.36. The number of nitrogens with zero attached hydrogens (tertiary/aromatic N) is 3. The highest BCUT2D eigenvalue weighted by atomic mass is 32.2. The number of thioether (sulfide) groups is 1. The van der Waals surface area contributed by atoms with Gasteiger partial charge in [0, 0.05) is 18.7 Å². The van der Waals surface area contributed by atoms with Gasteiger partial charge in [0.15, 0.2) is 5.16 Å². The highest BCUT2D eigenvalue weighted by molar-refractivity contribution is 8.00. The lowest BCUT2D eigenvalue weighted by Gasteiger charge is -2.17. The van der Waals surface area contributed by atoms with Gasteiger partial charge in [-0.1, -0.05) is 48.2 Å². The Morgan fingerprint density at radius 1 is 1.14 bits per heavy atom. The average Bonchev–Trinajstić information content (AvgIpc) is 3.40. The van der Waals surface area contributed by atoms with Crippen LogP contribution in [0.15, 0.2) is 66.1 Å². The molecule has 2 amide bonds. The van der Waals surface area contributed by atoms with Crippen LogP contribution in [0.5, 0.6) is 0 Å². The molecule has 0 bridgehead atoms. The maximum atomic E-state index is 12.9. The van der Waals surface area contributed by atoms with Gasteiger partial charge < -0.3 is 10.6 Å². The molecule has 1 unspecified atom stereocenters. The predicted molar refractivity (Wildman–Crippen MR) is 112 cm³/mol. The van der Waals surface area contributed by atoms with Gasteiger partial charge in [-0.15, -0.1) is 10.2 Å². The first kappa shape index (κ1) is 19.2. The molecule has 1 fully saturated rings. The molecule has 1 aromatic heterocycles. The molecule has 0 saturated heterocycles. The van der Waals surface area contributed by atoms with Gasteiger partial charge in [0.25, 0.3) is 0 Å². The van der Waals surface area contributed by atoms with Crippen molar-refractivity contribution in [3.63, 3.8) is 0 Å². The summed E-state index contributed by atoms with van der Waals surface area (Å²) >= 11 is 1.36. The van der Waals surface area contributed by atoms with Crippen LogP contribution in [0, 0.1) is 0 Å². The maximum absolute atomic E-state index is 12.9. The minimum Gasteiger partial charge on any atom is -0.352 e. The second-order valence-electron chi connectivity index (χ2n) is 6.91. The van der Waals surface area contributed by atoms with Gasteiger partial charge >= 0.3 is 0 Å². The standard InChI is InChI=1S/C21H21N5O2S/c1-14(27)23-17-8-5-9-18(12-17)26-13-22-25-21(26)29-19(15-6-3-2-4-7-15)20(28)24-16-10-11-16/h2-9,12-13,16,19H,10-11H2,1H3,(H,23,27)(H,24,28). The zero-order valence-corrected chi connectivity index (χ0v) is 16.7. The fourth-order valence-corrected chi connectivity index (χ4v) is 3.97. The van der Waals surface area contributed by atoms with Gasteiger partial charge in [-0.2, -0.15) is 0 Å². The Hall–Kier alpha value is -3.13. The van der Waals surface area contributed by atoms with E-state index in [4.69, 9.17) is 0 Å². The van der Waals surface area contributed by atoms with Crippen LogP contribution in [0.2, 0.25) is 0 Å². The molecular weight excluding hydrogens is 386 g/mol. The molecule has 29 heavy (non-hydrogen) atoms. The second-order valence-corrected chi connectivity index (χ2v) is 7.98. The second kappa shape index (κ2) is 8.48. The summed E-state index contributed by atoms with van der Waals surface area (Å²) in [4.78, 5) is 24.3. The van der Waals surface area contributed by atoms with E-state index in [1.165, 1.54) is 18.7 Å². The van der Waals surface area contributed by atoms with Crippen molar-refractivity contribution in [2.75, 3.05) is 5.32 Å². The number of nitrogens with one attached hydrogen (secondary N) is 2. The molecule has 0 radical (unpaired) electrons. The Kier molecular flexibility index (Phi) is 5.62. The third-order valence-corrected chi connectivity index (χ3v) is 5.66. The van der Waals surface area contributed by atoms with E-state index in [9.17, 15) is 9.59 Å². The number of hydrogen-bond acceptors (Lipinski definition) is 5. The van der Waals surface area contributed by atoms with Gasteiger partial charge in [0.05, 0.1) is 5.69 Å². The van der Waals surface area contributed by atoms with Crippen molar-refractivity contribution in [3.05, 3.63) is 66.5 Å². The Morgan fingerprint density at radius 2 is 1.93 bits per heavy atom. The van der Waals surface area contributed by atoms with Crippen molar-refractivity contribution in [1.29, 1.82) is 0 Å². The number of amides is 2. The number of hydrogen-bond donors (Lipinski definition) is 2. The van der Waals surface area contributed by atoms with E-state index in [0.717, 1.165) is 24.1 Å². The van der Waals surface area contributed by atoms with Crippen LogP contribution in [0.4, 0.5) is 5.69 Å². The molecule has 0 aliphatic heterocycles. The van der Waals surface area contributed by atoms with Crippen LogP contribution >= 0.6 is 11.8 Å². The zero-order valence-electron chi connectivity index (χ0n) is 15.9. The van der Waals surface area contributed by atoms with Crippen LogP contribution in [-0.4, -0.2) is 32.6 Å². The number of aromatic nitrogens is 3. The van der Waals surface area contributed by atoms with Gasteiger partial charge in [0.2, 0.25) is 11.8 Å². The van der Waals surface area contributed by atoms with Crippen LogP contribution in [0.25, 0.3) is 5.69 Å². The summed E-state index contributed by atoms with van der Waals surface area (Å²) in [7, 11) is 0. The normalized spacial score (nSPS) is 14.2. The van der Waals surface area contributed by atoms with Crippen LogP contribution in [0.1, 0.15) is 30.6 Å². The molecule has 2 N–H and O–H groups in total. The van der Waals surface area contributed by atoms with E-state index in [1.807, 2.05) is 59.2 Å². The Balaban J connectivity index is 1.62. The van der Waals surface area contributed by atoms with Crippen molar-refractivity contribution in [2.24, 2.45) is 0 Å². The molecule has 4 rings (SSSR count). The van der Waals surface area contributed by atoms with E-state index in [0.29, 0.717) is 10.8 Å². The largest absolute Gasteiger partial charge is 0.352 e. The topological polar surface area (TPSA) is 88.9 Å². The number of rotatable bonds is 7. The summed E-state index contributed by atoms with van der Waals surface area (Å²) in [5.41, 5.74) is 2.40. The van der Waals surface area contributed by atoms with Crippen molar-refractivity contribution >= 4 is 29.3 Å². The van der Waals surface area contributed by atoms with E-state index >= 15 is 0 Å². The molecule has 3 aromatic rings. The van der Waals surface area contributed by atoms with E-state index in [1.54, 1.807) is 6.33 Å². The number of anilines is 1. The lowest BCUT2D eigenvalue weighted by Crippen LogP contribution is -2.29. The Morgan fingerprint density at radius 3 is 2.66 bits per heavy atom. The average molecular weight is 407 g/mol. The first-order valence-corrected chi connectivity index (χ1v) is 10.3. The third kappa shape index (κ3) is 4.83. The van der Waals surface area contributed by atoms with Crippen molar-refractivity contribution < 1.29 is 9.59 Å². The van der Waals surface area contributed by atoms with E-state index < -0.39 is 5.25 Å². The third-order valence-electron chi connectivity index (χ3n) is 4.45. The molecule has 1 atom stereocenters.